The fourth-order valence-electron chi connectivity index (χ4n) is 4.95. The predicted molar refractivity (Wildman–Crippen MR) is 129 cm³/mol. The van der Waals surface area contributed by atoms with E-state index in [0.29, 0.717) is 13.1 Å². The van der Waals surface area contributed by atoms with Gasteiger partial charge in [0.25, 0.3) is 5.91 Å². The molecule has 2 saturated heterocycles. The van der Waals surface area contributed by atoms with E-state index in [1.807, 2.05) is 47.4 Å². The summed E-state index contributed by atoms with van der Waals surface area (Å²) in [6.45, 7) is 10.8. The number of likely N-dealkylation sites (N-methyl/N-ethyl adjacent to an activating group) is 1. The number of carbonyl (C=O) groups is 2. The van der Waals surface area contributed by atoms with Crippen molar-refractivity contribution < 1.29 is 9.59 Å². The highest BCUT2D eigenvalue weighted by Gasteiger charge is 2.29. The number of nitrogens with zero attached hydrogens (tertiary/aromatic N) is 3. The minimum atomic E-state index is -0.115. The standard InChI is InChI=1S/C26H36N4O2/c1-2-28-16-18-29(19-17-28)14-7-13-27-25(31)22-10-6-15-30(20-22)26(32)24-12-5-9-21-8-3-4-11-23(21)24/h3-5,8-9,11-12,22H,2,6-7,10,13-20H2,1H3,(H,27,31)/t22-/m0/s1. The second-order valence-corrected chi connectivity index (χ2v) is 9.04. The highest BCUT2D eigenvalue weighted by Crippen LogP contribution is 2.23. The number of fused-ring (bicyclic) bond motifs is 1. The summed E-state index contributed by atoms with van der Waals surface area (Å²) in [6.07, 6.45) is 2.70. The summed E-state index contributed by atoms with van der Waals surface area (Å²) in [7, 11) is 0. The van der Waals surface area contributed by atoms with E-state index in [1.54, 1.807) is 0 Å². The van der Waals surface area contributed by atoms with Crippen LogP contribution in [0.1, 0.15) is 36.5 Å². The largest absolute Gasteiger partial charge is 0.356 e. The Morgan fingerprint density at radius 1 is 0.969 bits per heavy atom. The lowest BCUT2D eigenvalue weighted by Gasteiger charge is -2.34. The predicted octanol–water partition coefficient (Wildman–Crippen LogP) is 2.84. The fraction of sp³-hybridized carbons (Fsp3) is 0.538. The summed E-state index contributed by atoms with van der Waals surface area (Å²) in [6, 6.07) is 13.8. The van der Waals surface area contributed by atoms with Crippen LogP contribution in [-0.2, 0) is 4.79 Å². The van der Waals surface area contributed by atoms with Gasteiger partial charge in [0.1, 0.15) is 0 Å². The Morgan fingerprint density at radius 3 is 2.53 bits per heavy atom. The molecule has 32 heavy (non-hydrogen) atoms. The van der Waals surface area contributed by atoms with Crippen LogP contribution in [0.2, 0.25) is 0 Å². The maximum atomic E-state index is 13.2. The van der Waals surface area contributed by atoms with Gasteiger partial charge in [-0.15, -0.1) is 0 Å². The number of hydrogen-bond acceptors (Lipinski definition) is 4. The molecule has 4 rings (SSSR count). The van der Waals surface area contributed by atoms with Crippen LogP contribution in [0.25, 0.3) is 10.8 Å². The van der Waals surface area contributed by atoms with Gasteiger partial charge in [0.2, 0.25) is 5.91 Å². The Labute approximate surface area is 191 Å². The Balaban J connectivity index is 1.25. The smallest absolute Gasteiger partial charge is 0.254 e. The molecule has 0 spiro atoms. The number of piperidine rings is 1. The molecule has 0 radical (unpaired) electrons. The SMILES string of the molecule is CCN1CCN(CCCNC(=O)[C@H]2CCCN(C(=O)c3cccc4ccccc34)C2)CC1. The first kappa shape index (κ1) is 22.7. The van der Waals surface area contributed by atoms with E-state index in [0.717, 1.165) is 81.4 Å². The Bertz CT molecular complexity index is 918. The van der Waals surface area contributed by atoms with Gasteiger partial charge in [0.15, 0.2) is 0 Å². The van der Waals surface area contributed by atoms with Crippen molar-refractivity contribution in [2.75, 3.05) is 58.9 Å². The molecule has 2 aliphatic heterocycles. The molecule has 0 unspecified atom stereocenters. The van der Waals surface area contributed by atoms with Gasteiger partial charge in [-0.2, -0.15) is 0 Å². The molecule has 2 heterocycles. The second kappa shape index (κ2) is 10.9. The van der Waals surface area contributed by atoms with Gasteiger partial charge in [0, 0.05) is 51.4 Å². The van der Waals surface area contributed by atoms with Gasteiger partial charge in [0.05, 0.1) is 5.92 Å². The molecular weight excluding hydrogens is 400 g/mol. The van der Waals surface area contributed by atoms with Gasteiger partial charge < -0.3 is 20.0 Å². The van der Waals surface area contributed by atoms with Crippen molar-refractivity contribution in [2.45, 2.75) is 26.2 Å². The zero-order valence-electron chi connectivity index (χ0n) is 19.3. The molecule has 1 atom stereocenters. The van der Waals surface area contributed by atoms with Crippen molar-refractivity contribution in [3.63, 3.8) is 0 Å². The van der Waals surface area contributed by atoms with Gasteiger partial charge in [-0.05, 0) is 49.2 Å². The lowest BCUT2D eigenvalue weighted by Crippen LogP contribution is -2.47. The zero-order valence-corrected chi connectivity index (χ0v) is 19.3. The van der Waals surface area contributed by atoms with E-state index < -0.39 is 0 Å². The van der Waals surface area contributed by atoms with E-state index in [1.165, 1.54) is 0 Å². The van der Waals surface area contributed by atoms with Crippen molar-refractivity contribution in [3.05, 3.63) is 48.0 Å². The number of rotatable bonds is 7. The van der Waals surface area contributed by atoms with E-state index in [-0.39, 0.29) is 17.7 Å². The molecule has 1 N–H and O–H groups in total. The molecule has 2 aromatic rings. The third-order valence-corrected chi connectivity index (χ3v) is 6.96. The molecule has 2 amide bonds. The average Bonchev–Trinajstić information content (AvgIpc) is 2.86. The normalized spacial score (nSPS) is 20.4. The summed E-state index contributed by atoms with van der Waals surface area (Å²) < 4.78 is 0. The first-order chi connectivity index (χ1) is 15.7. The fourth-order valence-corrected chi connectivity index (χ4v) is 4.95. The maximum Gasteiger partial charge on any atom is 0.254 e. The third-order valence-electron chi connectivity index (χ3n) is 6.96. The Hall–Kier alpha value is -2.44. The highest BCUT2D eigenvalue weighted by atomic mass is 16.2. The summed E-state index contributed by atoms with van der Waals surface area (Å²) >= 11 is 0. The lowest BCUT2D eigenvalue weighted by atomic mass is 9.95. The quantitative estimate of drug-likeness (QED) is 0.678. The molecule has 0 bridgehead atoms. The highest BCUT2D eigenvalue weighted by molar-refractivity contribution is 6.07. The van der Waals surface area contributed by atoms with Gasteiger partial charge >= 0.3 is 0 Å². The van der Waals surface area contributed by atoms with Crippen molar-refractivity contribution in [1.29, 1.82) is 0 Å². The Morgan fingerprint density at radius 2 is 1.72 bits per heavy atom. The van der Waals surface area contributed by atoms with Crippen LogP contribution >= 0.6 is 0 Å². The molecule has 2 aromatic carbocycles. The average molecular weight is 437 g/mol. The first-order valence-electron chi connectivity index (χ1n) is 12.1. The topological polar surface area (TPSA) is 55.9 Å². The van der Waals surface area contributed by atoms with Crippen molar-refractivity contribution >= 4 is 22.6 Å². The molecule has 6 nitrogen and oxygen atoms in total. The van der Waals surface area contributed by atoms with Crippen LogP contribution in [0.3, 0.4) is 0 Å². The monoisotopic (exact) mass is 436 g/mol. The summed E-state index contributed by atoms with van der Waals surface area (Å²) in [4.78, 5) is 32.9. The third kappa shape index (κ3) is 5.48. The zero-order chi connectivity index (χ0) is 22.3. The summed E-state index contributed by atoms with van der Waals surface area (Å²) in [5.41, 5.74) is 0.729. The molecule has 0 aliphatic carbocycles. The molecule has 0 aromatic heterocycles. The van der Waals surface area contributed by atoms with Crippen LogP contribution < -0.4 is 5.32 Å². The number of benzene rings is 2. The van der Waals surface area contributed by atoms with Gasteiger partial charge in [-0.3, -0.25) is 9.59 Å². The maximum absolute atomic E-state index is 13.2. The van der Waals surface area contributed by atoms with Crippen molar-refractivity contribution in [1.82, 2.24) is 20.0 Å². The van der Waals surface area contributed by atoms with Crippen LogP contribution in [0.4, 0.5) is 0 Å². The molecule has 2 aliphatic rings. The summed E-state index contributed by atoms with van der Waals surface area (Å²) in [5.74, 6) is 0.0116. The van der Waals surface area contributed by atoms with E-state index in [9.17, 15) is 9.59 Å². The number of carbonyl (C=O) groups excluding carboxylic acids is 2. The van der Waals surface area contributed by atoms with Crippen LogP contribution in [-0.4, -0.2) is 85.4 Å². The number of hydrogen-bond donors (Lipinski definition) is 1. The number of likely N-dealkylation sites (tertiary alicyclic amines) is 1. The number of piperazine rings is 1. The summed E-state index contributed by atoms with van der Waals surface area (Å²) in [5, 5.41) is 5.18. The van der Waals surface area contributed by atoms with E-state index in [4.69, 9.17) is 0 Å². The minimum absolute atomic E-state index is 0.0329. The first-order valence-corrected chi connectivity index (χ1v) is 12.1. The lowest BCUT2D eigenvalue weighted by molar-refractivity contribution is -0.126. The molecule has 172 valence electrons. The van der Waals surface area contributed by atoms with Crippen LogP contribution in [0, 0.1) is 5.92 Å². The number of nitrogens with one attached hydrogen (secondary N) is 1. The van der Waals surface area contributed by atoms with E-state index >= 15 is 0 Å². The van der Waals surface area contributed by atoms with Gasteiger partial charge in [-0.25, -0.2) is 0 Å². The molecular formula is C26H36N4O2. The number of amides is 2. The molecule has 0 saturated carbocycles. The minimum Gasteiger partial charge on any atom is -0.356 e. The Kier molecular flexibility index (Phi) is 7.76. The van der Waals surface area contributed by atoms with Gasteiger partial charge in [-0.1, -0.05) is 43.3 Å². The second-order valence-electron chi connectivity index (χ2n) is 9.04. The van der Waals surface area contributed by atoms with Crippen molar-refractivity contribution in [2.24, 2.45) is 5.92 Å². The van der Waals surface area contributed by atoms with Crippen molar-refractivity contribution in [3.8, 4) is 0 Å². The van der Waals surface area contributed by atoms with Crippen LogP contribution in [0.15, 0.2) is 42.5 Å². The molecule has 2 fully saturated rings. The van der Waals surface area contributed by atoms with Crippen LogP contribution in [0.5, 0.6) is 0 Å². The van der Waals surface area contributed by atoms with E-state index in [2.05, 4.69) is 22.0 Å². The molecule has 6 heteroatoms.